The monoisotopic (exact) mass is 414 g/mol. The van der Waals surface area contributed by atoms with E-state index in [2.05, 4.69) is 10.6 Å². The van der Waals surface area contributed by atoms with Crippen molar-refractivity contribution in [3.8, 4) is 0 Å². The number of thioether (sulfide) groups is 1. The van der Waals surface area contributed by atoms with E-state index in [0.717, 1.165) is 0 Å². The molecule has 2 aromatic carbocycles. The van der Waals surface area contributed by atoms with Gasteiger partial charge in [0.25, 0.3) is 5.91 Å². The minimum Gasteiger partial charge on any atom is -0.340 e. The fraction of sp³-hybridized carbons (Fsp3) is 0.222. The Morgan fingerprint density at radius 2 is 1.92 bits per heavy atom. The van der Waals surface area contributed by atoms with Crippen LogP contribution < -0.4 is 10.6 Å². The van der Waals surface area contributed by atoms with Crippen LogP contribution in [0.4, 0.5) is 10.1 Å². The number of carbonyl (C=O) groups excluding carboxylic acids is 2. The van der Waals surface area contributed by atoms with Gasteiger partial charge in [-0.1, -0.05) is 35.3 Å². The zero-order valence-electron chi connectivity index (χ0n) is 13.9. The van der Waals surface area contributed by atoms with Crippen molar-refractivity contribution >= 4 is 52.5 Å². The van der Waals surface area contributed by atoms with Crippen molar-refractivity contribution < 1.29 is 14.0 Å². The van der Waals surface area contributed by atoms with E-state index in [-0.39, 0.29) is 16.3 Å². The molecule has 1 atom stereocenters. The van der Waals surface area contributed by atoms with Crippen LogP contribution in [0, 0.1) is 5.82 Å². The van der Waals surface area contributed by atoms with Crippen LogP contribution in [0.3, 0.4) is 0 Å². The predicted molar refractivity (Wildman–Crippen MR) is 106 cm³/mol. The highest BCUT2D eigenvalue weighted by Gasteiger charge is 2.23. The van der Waals surface area contributed by atoms with Gasteiger partial charge in [-0.05, 0) is 48.8 Å². The van der Waals surface area contributed by atoms with Gasteiger partial charge in [0.05, 0.1) is 16.3 Å². The summed E-state index contributed by atoms with van der Waals surface area (Å²) in [7, 11) is 0. The number of hydrogen-bond acceptors (Lipinski definition) is 3. The van der Waals surface area contributed by atoms with E-state index in [1.807, 2.05) is 6.26 Å². The number of benzene rings is 2. The fourth-order valence-corrected chi connectivity index (χ4v) is 3.16. The second kappa shape index (κ2) is 9.80. The molecule has 0 radical (unpaired) electrons. The van der Waals surface area contributed by atoms with E-state index in [9.17, 15) is 14.0 Å². The van der Waals surface area contributed by atoms with Crippen molar-refractivity contribution in [1.29, 1.82) is 0 Å². The number of rotatable bonds is 7. The van der Waals surface area contributed by atoms with Crippen molar-refractivity contribution in [1.82, 2.24) is 5.32 Å². The van der Waals surface area contributed by atoms with Crippen LogP contribution in [0.15, 0.2) is 42.5 Å². The molecule has 0 aromatic heterocycles. The van der Waals surface area contributed by atoms with Crippen molar-refractivity contribution in [3.05, 3.63) is 63.9 Å². The maximum Gasteiger partial charge on any atom is 0.253 e. The Labute approximate surface area is 165 Å². The molecule has 4 nitrogen and oxygen atoms in total. The number of carbonyl (C=O) groups is 2. The van der Waals surface area contributed by atoms with E-state index >= 15 is 0 Å². The van der Waals surface area contributed by atoms with Gasteiger partial charge in [0.15, 0.2) is 0 Å². The topological polar surface area (TPSA) is 58.2 Å². The van der Waals surface area contributed by atoms with Gasteiger partial charge >= 0.3 is 0 Å². The lowest BCUT2D eigenvalue weighted by molar-refractivity contribution is -0.118. The normalized spacial score (nSPS) is 11.7. The van der Waals surface area contributed by atoms with Gasteiger partial charge in [0, 0.05) is 5.02 Å². The van der Waals surface area contributed by atoms with Gasteiger partial charge in [-0.2, -0.15) is 11.8 Å². The molecular formula is C18H17Cl2FN2O2S. The van der Waals surface area contributed by atoms with E-state index in [4.69, 9.17) is 23.2 Å². The highest BCUT2D eigenvalue weighted by Crippen LogP contribution is 2.21. The van der Waals surface area contributed by atoms with E-state index in [1.165, 1.54) is 42.1 Å². The maximum atomic E-state index is 13.7. The third-order valence-electron chi connectivity index (χ3n) is 3.54. The van der Waals surface area contributed by atoms with Crippen LogP contribution in [0.2, 0.25) is 10.0 Å². The first-order valence-corrected chi connectivity index (χ1v) is 9.87. The molecule has 0 spiro atoms. The molecule has 26 heavy (non-hydrogen) atoms. The van der Waals surface area contributed by atoms with Gasteiger partial charge in [-0.15, -0.1) is 0 Å². The zero-order valence-corrected chi connectivity index (χ0v) is 16.2. The Bertz CT molecular complexity index is 805. The second-order valence-corrected chi connectivity index (χ2v) is 7.23. The van der Waals surface area contributed by atoms with Gasteiger partial charge in [-0.3, -0.25) is 9.59 Å². The minimum absolute atomic E-state index is 0.0606. The molecule has 1 unspecified atom stereocenters. The number of para-hydroxylation sites is 1. The van der Waals surface area contributed by atoms with E-state index in [1.54, 1.807) is 12.1 Å². The number of amides is 2. The summed E-state index contributed by atoms with van der Waals surface area (Å²) in [5, 5.41) is 5.75. The molecule has 0 bridgehead atoms. The van der Waals surface area contributed by atoms with Crippen molar-refractivity contribution in [2.45, 2.75) is 12.5 Å². The summed E-state index contributed by atoms with van der Waals surface area (Å²) >= 11 is 13.4. The fourth-order valence-electron chi connectivity index (χ4n) is 2.20. The second-order valence-electron chi connectivity index (χ2n) is 5.40. The summed E-state index contributed by atoms with van der Waals surface area (Å²) < 4.78 is 13.7. The van der Waals surface area contributed by atoms with Gasteiger partial charge in [0.1, 0.15) is 11.9 Å². The van der Waals surface area contributed by atoms with Crippen LogP contribution >= 0.6 is 35.0 Å². The van der Waals surface area contributed by atoms with Gasteiger partial charge in [0.2, 0.25) is 5.91 Å². The number of anilines is 1. The molecule has 0 aliphatic carbocycles. The number of hydrogen-bond donors (Lipinski definition) is 2. The summed E-state index contributed by atoms with van der Waals surface area (Å²) in [6.07, 6.45) is 2.28. The van der Waals surface area contributed by atoms with Crippen molar-refractivity contribution in [2.75, 3.05) is 17.3 Å². The zero-order chi connectivity index (χ0) is 19.1. The lowest BCUT2D eigenvalue weighted by Gasteiger charge is -2.19. The molecule has 2 N–H and O–H groups in total. The minimum atomic E-state index is -0.832. The van der Waals surface area contributed by atoms with E-state index in [0.29, 0.717) is 17.2 Å². The average molecular weight is 415 g/mol. The molecule has 2 rings (SSSR count). The quantitative estimate of drug-likeness (QED) is 0.694. The molecule has 0 saturated heterocycles. The van der Waals surface area contributed by atoms with Crippen LogP contribution in [0.25, 0.3) is 0 Å². The number of halogens is 3. The average Bonchev–Trinajstić information content (AvgIpc) is 2.60. The molecule has 0 heterocycles. The smallest absolute Gasteiger partial charge is 0.253 e. The highest BCUT2D eigenvalue weighted by molar-refractivity contribution is 7.98. The molecule has 0 fully saturated rings. The Kier molecular flexibility index (Phi) is 7.75. The lowest BCUT2D eigenvalue weighted by atomic mass is 10.1. The predicted octanol–water partition coefficient (Wildman–Crippen LogP) is 4.62. The van der Waals surface area contributed by atoms with Crippen molar-refractivity contribution in [2.24, 2.45) is 0 Å². The largest absolute Gasteiger partial charge is 0.340 e. The maximum absolute atomic E-state index is 13.7. The van der Waals surface area contributed by atoms with Crippen LogP contribution in [-0.2, 0) is 4.79 Å². The Morgan fingerprint density at radius 1 is 1.19 bits per heavy atom. The molecule has 8 heteroatoms. The standard InChI is InChI=1S/C18H17Cl2FN2O2S/c1-26-9-8-16(18(25)22-15-5-3-2-4-14(15)21)23-17(24)12-7-6-11(19)10-13(12)20/h2-7,10,16H,8-9H2,1H3,(H,22,25)(H,23,24). The third kappa shape index (κ3) is 5.62. The molecule has 0 aliphatic heterocycles. The molecular weight excluding hydrogens is 398 g/mol. The first kappa shape index (κ1) is 20.6. The Morgan fingerprint density at radius 3 is 2.58 bits per heavy atom. The Hall–Kier alpha value is -1.76. The van der Waals surface area contributed by atoms with Crippen LogP contribution in [-0.4, -0.2) is 29.9 Å². The lowest BCUT2D eigenvalue weighted by Crippen LogP contribution is -2.44. The molecule has 0 aliphatic rings. The summed E-state index contributed by atoms with van der Waals surface area (Å²) in [6.45, 7) is 0. The van der Waals surface area contributed by atoms with Crippen molar-refractivity contribution in [3.63, 3.8) is 0 Å². The molecule has 2 aromatic rings. The van der Waals surface area contributed by atoms with E-state index < -0.39 is 23.7 Å². The summed E-state index contributed by atoms with van der Waals surface area (Å²) in [4.78, 5) is 25.0. The summed E-state index contributed by atoms with van der Waals surface area (Å²) in [6, 6.07) is 9.49. The highest BCUT2D eigenvalue weighted by atomic mass is 35.5. The SMILES string of the molecule is CSCCC(NC(=O)c1ccc(Cl)cc1Cl)C(=O)Nc1ccccc1F. The van der Waals surface area contributed by atoms with Gasteiger partial charge in [-0.25, -0.2) is 4.39 Å². The first-order chi connectivity index (χ1) is 12.4. The molecule has 0 saturated carbocycles. The van der Waals surface area contributed by atoms with Crippen LogP contribution in [0.5, 0.6) is 0 Å². The summed E-state index contributed by atoms with van der Waals surface area (Å²) in [5.74, 6) is -0.898. The van der Waals surface area contributed by atoms with Gasteiger partial charge < -0.3 is 10.6 Å². The number of nitrogens with one attached hydrogen (secondary N) is 2. The third-order valence-corrected chi connectivity index (χ3v) is 4.73. The van der Waals surface area contributed by atoms with Crippen LogP contribution in [0.1, 0.15) is 16.8 Å². The summed E-state index contributed by atoms with van der Waals surface area (Å²) in [5.41, 5.74) is 0.273. The first-order valence-electron chi connectivity index (χ1n) is 7.72. The molecule has 138 valence electrons. The Balaban J connectivity index is 2.14. The molecule has 2 amide bonds.